The third-order valence-corrected chi connectivity index (χ3v) is 2.56. The number of nitrogens with zero attached hydrogens (tertiary/aromatic N) is 2. The standard InChI is InChI=1S/C13H15N3O2/c1-8(2)6-14-12-10-4-3-9(13(17)18)5-11(10)15-7-16-12/h3-5,7-8H,6H2,1-2H3,(H,17,18)(H,14,15,16). The van der Waals surface area contributed by atoms with Crippen LogP contribution in [0.2, 0.25) is 0 Å². The van der Waals surface area contributed by atoms with E-state index in [1.807, 2.05) is 0 Å². The van der Waals surface area contributed by atoms with Crippen molar-refractivity contribution in [1.82, 2.24) is 9.97 Å². The first-order valence-electron chi connectivity index (χ1n) is 5.80. The molecular formula is C13H15N3O2. The van der Waals surface area contributed by atoms with Crippen LogP contribution in [0.25, 0.3) is 10.9 Å². The van der Waals surface area contributed by atoms with Crippen molar-refractivity contribution < 1.29 is 9.90 Å². The van der Waals surface area contributed by atoms with Crippen LogP contribution in [0.15, 0.2) is 24.5 Å². The Kier molecular flexibility index (Phi) is 3.41. The Labute approximate surface area is 105 Å². The van der Waals surface area contributed by atoms with Gasteiger partial charge in [-0.3, -0.25) is 0 Å². The molecule has 0 radical (unpaired) electrons. The summed E-state index contributed by atoms with van der Waals surface area (Å²) < 4.78 is 0. The molecule has 0 saturated carbocycles. The van der Waals surface area contributed by atoms with E-state index in [4.69, 9.17) is 5.11 Å². The Bertz CT molecular complexity index is 581. The van der Waals surface area contributed by atoms with Gasteiger partial charge in [0.05, 0.1) is 11.1 Å². The average Bonchev–Trinajstić information content (AvgIpc) is 2.35. The molecule has 2 rings (SSSR count). The molecule has 94 valence electrons. The molecule has 0 fully saturated rings. The van der Waals surface area contributed by atoms with E-state index in [9.17, 15) is 4.79 Å². The van der Waals surface area contributed by atoms with Gasteiger partial charge in [-0.1, -0.05) is 13.8 Å². The van der Waals surface area contributed by atoms with E-state index in [2.05, 4.69) is 29.1 Å². The molecule has 0 aliphatic rings. The molecule has 5 heteroatoms. The predicted octanol–water partition coefficient (Wildman–Crippen LogP) is 2.40. The topological polar surface area (TPSA) is 75.1 Å². The van der Waals surface area contributed by atoms with E-state index < -0.39 is 5.97 Å². The van der Waals surface area contributed by atoms with Crippen molar-refractivity contribution >= 4 is 22.7 Å². The number of hydrogen-bond donors (Lipinski definition) is 2. The van der Waals surface area contributed by atoms with Gasteiger partial charge in [-0.2, -0.15) is 0 Å². The summed E-state index contributed by atoms with van der Waals surface area (Å²) in [7, 11) is 0. The minimum absolute atomic E-state index is 0.232. The van der Waals surface area contributed by atoms with Crippen LogP contribution < -0.4 is 5.32 Å². The Morgan fingerprint density at radius 1 is 1.39 bits per heavy atom. The normalized spacial score (nSPS) is 10.8. The van der Waals surface area contributed by atoms with E-state index in [1.54, 1.807) is 18.2 Å². The SMILES string of the molecule is CC(C)CNc1ncnc2cc(C(=O)O)ccc12. The first-order valence-corrected chi connectivity index (χ1v) is 5.80. The van der Waals surface area contributed by atoms with Crippen LogP contribution >= 0.6 is 0 Å². The first kappa shape index (κ1) is 12.3. The van der Waals surface area contributed by atoms with Crippen molar-refractivity contribution in [2.24, 2.45) is 5.92 Å². The summed E-state index contributed by atoms with van der Waals surface area (Å²) in [6, 6.07) is 4.86. The lowest BCUT2D eigenvalue weighted by atomic mass is 10.1. The highest BCUT2D eigenvalue weighted by Gasteiger charge is 2.08. The maximum atomic E-state index is 10.9. The Balaban J connectivity index is 2.40. The number of fused-ring (bicyclic) bond motifs is 1. The van der Waals surface area contributed by atoms with Crippen LogP contribution in [-0.2, 0) is 0 Å². The number of anilines is 1. The Hall–Kier alpha value is -2.17. The summed E-state index contributed by atoms with van der Waals surface area (Å²) in [5.74, 6) is 0.297. The molecule has 18 heavy (non-hydrogen) atoms. The molecule has 0 aliphatic heterocycles. The number of rotatable bonds is 4. The van der Waals surface area contributed by atoms with E-state index in [0.29, 0.717) is 11.4 Å². The molecule has 1 heterocycles. The van der Waals surface area contributed by atoms with Crippen LogP contribution in [-0.4, -0.2) is 27.6 Å². The van der Waals surface area contributed by atoms with Crippen molar-refractivity contribution in [2.45, 2.75) is 13.8 Å². The molecule has 0 unspecified atom stereocenters. The highest BCUT2D eigenvalue weighted by molar-refractivity contribution is 5.96. The van der Waals surface area contributed by atoms with E-state index in [-0.39, 0.29) is 5.56 Å². The molecule has 5 nitrogen and oxygen atoms in total. The van der Waals surface area contributed by atoms with Gasteiger partial charge in [-0.05, 0) is 24.1 Å². The van der Waals surface area contributed by atoms with Crippen LogP contribution in [0.3, 0.4) is 0 Å². The molecule has 0 atom stereocenters. The Morgan fingerprint density at radius 2 is 2.17 bits per heavy atom. The molecule has 0 amide bonds. The number of aromatic carboxylic acids is 1. The lowest BCUT2D eigenvalue weighted by Crippen LogP contribution is -2.09. The van der Waals surface area contributed by atoms with Gasteiger partial charge in [-0.15, -0.1) is 0 Å². The summed E-state index contributed by atoms with van der Waals surface area (Å²) in [5, 5.41) is 13.0. The quantitative estimate of drug-likeness (QED) is 0.865. The van der Waals surface area contributed by atoms with Gasteiger partial charge in [0.1, 0.15) is 12.1 Å². The fourth-order valence-corrected chi connectivity index (χ4v) is 1.63. The number of aromatic nitrogens is 2. The van der Waals surface area contributed by atoms with Gasteiger partial charge in [0.2, 0.25) is 0 Å². The van der Waals surface area contributed by atoms with E-state index >= 15 is 0 Å². The molecule has 0 aliphatic carbocycles. The Morgan fingerprint density at radius 3 is 2.83 bits per heavy atom. The van der Waals surface area contributed by atoms with Gasteiger partial charge in [-0.25, -0.2) is 14.8 Å². The first-order chi connectivity index (χ1) is 8.58. The second kappa shape index (κ2) is 5.00. The molecule has 0 spiro atoms. The third kappa shape index (κ3) is 2.56. The zero-order valence-electron chi connectivity index (χ0n) is 10.3. The smallest absolute Gasteiger partial charge is 0.335 e. The maximum Gasteiger partial charge on any atom is 0.335 e. The fraction of sp³-hybridized carbons (Fsp3) is 0.308. The van der Waals surface area contributed by atoms with Crippen LogP contribution in [0, 0.1) is 5.92 Å². The number of hydrogen-bond acceptors (Lipinski definition) is 4. The lowest BCUT2D eigenvalue weighted by molar-refractivity contribution is 0.0697. The second-order valence-electron chi connectivity index (χ2n) is 4.53. The number of carboxylic acids is 1. The summed E-state index contributed by atoms with van der Waals surface area (Å²) in [6.45, 7) is 5.03. The van der Waals surface area contributed by atoms with Gasteiger partial charge in [0, 0.05) is 11.9 Å². The zero-order chi connectivity index (χ0) is 13.1. The van der Waals surface area contributed by atoms with Gasteiger partial charge < -0.3 is 10.4 Å². The summed E-state index contributed by atoms with van der Waals surface area (Å²) in [5.41, 5.74) is 0.868. The van der Waals surface area contributed by atoms with Crippen molar-refractivity contribution in [3.8, 4) is 0 Å². The third-order valence-electron chi connectivity index (χ3n) is 2.56. The fourth-order valence-electron chi connectivity index (χ4n) is 1.63. The number of carbonyl (C=O) groups is 1. The lowest BCUT2D eigenvalue weighted by Gasteiger charge is -2.10. The second-order valence-corrected chi connectivity index (χ2v) is 4.53. The monoisotopic (exact) mass is 245 g/mol. The molecule has 1 aromatic carbocycles. The van der Waals surface area contributed by atoms with Crippen molar-refractivity contribution in [3.05, 3.63) is 30.1 Å². The van der Waals surface area contributed by atoms with Gasteiger partial charge in [0.15, 0.2) is 0 Å². The molecule has 0 bridgehead atoms. The number of carboxylic acid groups (broad SMARTS) is 1. The van der Waals surface area contributed by atoms with Crippen molar-refractivity contribution in [3.63, 3.8) is 0 Å². The predicted molar refractivity (Wildman–Crippen MR) is 69.8 cm³/mol. The molecule has 0 saturated heterocycles. The summed E-state index contributed by atoms with van der Waals surface area (Å²) in [6.07, 6.45) is 1.44. The highest BCUT2D eigenvalue weighted by Crippen LogP contribution is 2.20. The van der Waals surface area contributed by atoms with Crippen molar-refractivity contribution in [1.29, 1.82) is 0 Å². The maximum absolute atomic E-state index is 10.9. The molecular weight excluding hydrogens is 230 g/mol. The van der Waals surface area contributed by atoms with Gasteiger partial charge >= 0.3 is 5.97 Å². The highest BCUT2D eigenvalue weighted by atomic mass is 16.4. The minimum atomic E-state index is -0.952. The van der Waals surface area contributed by atoms with E-state index in [1.165, 1.54) is 6.33 Å². The largest absolute Gasteiger partial charge is 0.478 e. The molecule has 2 aromatic rings. The zero-order valence-corrected chi connectivity index (χ0v) is 10.3. The number of nitrogens with one attached hydrogen (secondary N) is 1. The summed E-state index contributed by atoms with van der Waals surface area (Å²) in [4.78, 5) is 19.2. The van der Waals surface area contributed by atoms with Crippen LogP contribution in [0.4, 0.5) is 5.82 Å². The van der Waals surface area contributed by atoms with Gasteiger partial charge in [0.25, 0.3) is 0 Å². The van der Waals surface area contributed by atoms with Crippen molar-refractivity contribution in [2.75, 3.05) is 11.9 Å². The molecule has 2 N–H and O–H groups in total. The van der Waals surface area contributed by atoms with Crippen LogP contribution in [0.1, 0.15) is 24.2 Å². The molecule has 1 aromatic heterocycles. The summed E-state index contributed by atoms with van der Waals surface area (Å²) >= 11 is 0. The van der Waals surface area contributed by atoms with E-state index in [0.717, 1.165) is 17.7 Å². The number of benzene rings is 1. The average molecular weight is 245 g/mol. The minimum Gasteiger partial charge on any atom is -0.478 e. The van der Waals surface area contributed by atoms with Crippen LogP contribution in [0.5, 0.6) is 0 Å².